The zero-order valence-electron chi connectivity index (χ0n) is 18.9. The predicted octanol–water partition coefficient (Wildman–Crippen LogP) is 4.37. The largest absolute Gasteiger partial charge is 0.416 e. The van der Waals surface area contributed by atoms with Crippen LogP contribution in [0.3, 0.4) is 0 Å². The van der Waals surface area contributed by atoms with E-state index in [4.69, 9.17) is 9.26 Å². The highest BCUT2D eigenvalue weighted by Gasteiger charge is 2.32. The van der Waals surface area contributed by atoms with E-state index in [1.54, 1.807) is 12.1 Å². The molecule has 0 radical (unpaired) electrons. The molecule has 11 heteroatoms. The monoisotopic (exact) mass is 485 g/mol. The molecule has 1 saturated heterocycles. The van der Waals surface area contributed by atoms with E-state index in [2.05, 4.69) is 20.1 Å². The van der Waals surface area contributed by atoms with Crippen LogP contribution in [0.4, 0.5) is 24.7 Å². The summed E-state index contributed by atoms with van der Waals surface area (Å²) in [7, 11) is 0. The van der Waals surface area contributed by atoms with Gasteiger partial charge in [0.2, 0.25) is 0 Å². The van der Waals surface area contributed by atoms with E-state index in [0.29, 0.717) is 66.2 Å². The van der Waals surface area contributed by atoms with E-state index in [9.17, 15) is 18.0 Å². The molecule has 0 saturated carbocycles. The SMILES string of the molecule is C[C@@H](CC(=O)c1cc(N2CCOCC2)ncn1)c1cc(C2=Nc3ccc(C(F)(F)F)cc3C2)on1. The van der Waals surface area contributed by atoms with Crippen molar-refractivity contribution in [1.29, 1.82) is 0 Å². The smallest absolute Gasteiger partial charge is 0.378 e. The quantitative estimate of drug-likeness (QED) is 0.479. The van der Waals surface area contributed by atoms with Crippen molar-refractivity contribution in [3.8, 4) is 0 Å². The summed E-state index contributed by atoms with van der Waals surface area (Å²) in [4.78, 5) is 27.7. The van der Waals surface area contributed by atoms with Crippen LogP contribution in [0.5, 0.6) is 0 Å². The minimum atomic E-state index is -4.41. The van der Waals surface area contributed by atoms with Gasteiger partial charge in [-0.1, -0.05) is 12.1 Å². The summed E-state index contributed by atoms with van der Waals surface area (Å²) >= 11 is 0. The Morgan fingerprint density at radius 2 is 1.94 bits per heavy atom. The summed E-state index contributed by atoms with van der Waals surface area (Å²) in [5.41, 5.74) is 1.64. The minimum absolute atomic E-state index is 0.149. The number of benzene rings is 1. The molecule has 1 atom stereocenters. The van der Waals surface area contributed by atoms with Gasteiger partial charge in [-0.2, -0.15) is 13.2 Å². The van der Waals surface area contributed by atoms with E-state index in [-0.39, 0.29) is 24.5 Å². The first-order valence-electron chi connectivity index (χ1n) is 11.2. The summed E-state index contributed by atoms with van der Waals surface area (Å²) in [6.07, 6.45) is -2.65. The topological polar surface area (TPSA) is 93.7 Å². The van der Waals surface area contributed by atoms with Gasteiger partial charge in [0.25, 0.3) is 0 Å². The fourth-order valence-corrected chi connectivity index (χ4v) is 4.13. The average molecular weight is 485 g/mol. The summed E-state index contributed by atoms with van der Waals surface area (Å²) < 4.78 is 49.8. The lowest BCUT2D eigenvalue weighted by Gasteiger charge is -2.27. The average Bonchev–Trinajstić information content (AvgIpc) is 3.51. The van der Waals surface area contributed by atoms with Gasteiger partial charge in [-0.15, -0.1) is 0 Å². The Kier molecular flexibility index (Phi) is 6.10. The van der Waals surface area contributed by atoms with Crippen molar-refractivity contribution in [1.82, 2.24) is 15.1 Å². The number of nitrogens with zero attached hydrogens (tertiary/aromatic N) is 5. The highest BCUT2D eigenvalue weighted by Crippen LogP contribution is 2.36. The lowest BCUT2D eigenvalue weighted by Crippen LogP contribution is -2.36. The number of fused-ring (bicyclic) bond motifs is 1. The summed E-state index contributed by atoms with van der Waals surface area (Å²) in [6.45, 7) is 4.48. The summed E-state index contributed by atoms with van der Waals surface area (Å²) in [6, 6.07) is 6.86. The van der Waals surface area contributed by atoms with Gasteiger partial charge in [-0.25, -0.2) is 15.0 Å². The molecule has 2 aliphatic heterocycles. The van der Waals surface area contributed by atoms with Crippen molar-refractivity contribution >= 4 is 23.0 Å². The maximum absolute atomic E-state index is 13.0. The van der Waals surface area contributed by atoms with Crippen LogP contribution in [0, 0.1) is 0 Å². The van der Waals surface area contributed by atoms with Gasteiger partial charge >= 0.3 is 6.18 Å². The molecule has 182 valence electrons. The van der Waals surface area contributed by atoms with Crippen LogP contribution in [0.2, 0.25) is 0 Å². The zero-order valence-corrected chi connectivity index (χ0v) is 18.9. The van der Waals surface area contributed by atoms with E-state index < -0.39 is 11.7 Å². The fraction of sp³-hybridized carbons (Fsp3) is 0.375. The highest BCUT2D eigenvalue weighted by molar-refractivity contribution is 6.04. The van der Waals surface area contributed by atoms with Gasteiger partial charge in [-0.05, 0) is 23.8 Å². The van der Waals surface area contributed by atoms with Gasteiger partial charge in [0, 0.05) is 44.0 Å². The van der Waals surface area contributed by atoms with Crippen molar-refractivity contribution in [2.75, 3.05) is 31.2 Å². The highest BCUT2D eigenvalue weighted by atomic mass is 19.4. The molecule has 5 rings (SSSR count). The number of morpholine rings is 1. The Morgan fingerprint density at radius 3 is 2.71 bits per heavy atom. The first kappa shape index (κ1) is 23.2. The zero-order chi connectivity index (χ0) is 24.6. The number of aromatic nitrogens is 3. The van der Waals surface area contributed by atoms with Crippen molar-refractivity contribution in [2.45, 2.75) is 31.9 Å². The fourth-order valence-electron chi connectivity index (χ4n) is 4.13. The minimum Gasteiger partial charge on any atom is -0.378 e. The van der Waals surface area contributed by atoms with Gasteiger partial charge in [0.15, 0.2) is 11.5 Å². The first-order valence-corrected chi connectivity index (χ1v) is 11.2. The Hall–Kier alpha value is -3.60. The molecule has 1 aromatic carbocycles. The normalized spacial score (nSPS) is 16.7. The third kappa shape index (κ3) is 4.95. The third-order valence-corrected chi connectivity index (χ3v) is 6.10. The molecule has 0 N–H and O–H groups in total. The maximum atomic E-state index is 13.0. The van der Waals surface area contributed by atoms with Gasteiger partial charge in [0.05, 0.1) is 35.9 Å². The number of alkyl halides is 3. The Labute approximate surface area is 198 Å². The second kappa shape index (κ2) is 9.21. The van der Waals surface area contributed by atoms with Gasteiger partial charge in [-0.3, -0.25) is 4.79 Å². The van der Waals surface area contributed by atoms with Crippen LogP contribution >= 0.6 is 0 Å². The number of hydrogen-bond acceptors (Lipinski definition) is 8. The number of carbonyl (C=O) groups excluding carboxylic acids is 1. The molecule has 1 fully saturated rings. The number of anilines is 1. The van der Waals surface area contributed by atoms with Crippen LogP contribution in [-0.4, -0.2) is 52.9 Å². The van der Waals surface area contributed by atoms with Crippen molar-refractivity contribution in [3.05, 3.63) is 64.9 Å². The molecular weight excluding hydrogens is 463 g/mol. The van der Waals surface area contributed by atoms with Crippen molar-refractivity contribution in [3.63, 3.8) is 0 Å². The lowest BCUT2D eigenvalue weighted by atomic mass is 9.98. The Balaban J connectivity index is 1.25. The standard InChI is InChI=1S/C24H22F3N5O3/c1-14(8-21(33)19-12-23(29-13-28-19)32-4-6-34-7-5-32)18-11-22(35-31-18)20-10-15-9-16(24(25,26)27)2-3-17(15)30-20/h2-3,9,11-14H,4-8,10H2,1H3/t14-/m0/s1. The number of aliphatic imine (C=N–C) groups is 1. The van der Waals surface area contributed by atoms with Crippen LogP contribution in [0.15, 0.2) is 46.2 Å². The first-order chi connectivity index (χ1) is 16.8. The Morgan fingerprint density at radius 1 is 1.14 bits per heavy atom. The lowest BCUT2D eigenvalue weighted by molar-refractivity contribution is -0.137. The molecule has 35 heavy (non-hydrogen) atoms. The number of hydrogen-bond donors (Lipinski definition) is 0. The molecule has 0 spiro atoms. The molecule has 4 heterocycles. The molecule has 2 aromatic heterocycles. The van der Waals surface area contributed by atoms with E-state index in [1.165, 1.54) is 12.4 Å². The molecule has 8 nitrogen and oxygen atoms in total. The molecule has 3 aromatic rings. The van der Waals surface area contributed by atoms with Crippen LogP contribution in [-0.2, 0) is 17.3 Å². The van der Waals surface area contributed by atoms with Gasteiger partial charge < -0.3 is 14.2 Å². The summed E-state index contributed by atoms with van der Waals surface area (Å²) in [5.74, 6) is 0.656. The second-order valence-electron chi connectivity index (χ2n) is 8.58. The molecule has 0 bridgehead atoms. The van der Waals surface area contributed by atoms with Crippen molar-refractivity contribution in [2.24, 2.45) is 4.99 Å². The van der Waals surface area contributed by atoms with E-state index in [1.807, 2.05) is 11.8 Å². The maximum Gasteiger partial charge on any atom is 0.416 e. The molecule has 0 aliphatic carbocycles. The summed E-state index contributed by atoms with van der Waals surface area (Å²) in [5, 5.41) is 4.08. The second-order valence-corrected chi connectivity index (χ2v) is 8.58. The van der Waals surface area contributed by atoms with Gasteiger partial charge in [0.1, 0.15) is 17.8 Å². The predicted molar refractivity (Wildman–Crippen MR) is 120 cm³/mol. The number of carbonyl (C=O) groups is 1. The number of ketones is 1. The van der Waals surface area contributed by atoms with E-state index >= 15 is 0 Å². The number of ether oxygens (including phenoxy) is 1. The number of Topliss-reactive ketones (excluding diaryl/α,β-unsaturated/α-hetero) is 1. The molecule has 2 aliphatic rings. The molecule has 0 amide bonds. The van der Waals surface area contributed by atoms with Crippen LogP contribution < -0.4 is 4.90 Å². The van der Waals surface area contributed by atoms with E-state index in [0.717, 1.165) is 12.1 Å². The van der Waals surface area contributed by atoms with Crippen LogP contribution in [0.25, 0.3) is 0 Å². The number of rotatable bonds is 6. The third-order valence-electron chi connectivity index (χ3n) is 6.10. The van der Waals surface area contributed by atoms with Crippen LogP contribution in [0.1, 0.15) is 52.3 Å². The Bertz CT molecular complexity index is 1280. The van der Waals surface area contributed by atoms with Crippen molar-refractivity contribution < 1.29 is 27.2 Å². The molecular formula is C24H22F3N5O3. The number of halogens is 3. The molecule has 0 unspecified atom stereocenters.